The third-order valence-electron chi connectivity index (χ3n) is 3.17. The Kier molecular flexibility index (Phi) is 5.76. The van der Waals surface area contributed by atoms with Crippen LogP contribution in [0.5, 0.6) is 11.5 Å². The quantitative estimate of drug-likeness (QED) is 0.747. The van der Waals surface area contributed by atoms with E-state index in [0.29, 0.717) is 17.1 Å². The van der Waals surface area contributed by atoms with E-state index in [4.69, 9.17) is 4.74 Å². The summed E-state index contributed by atoms with van der Waals surface area (Å²) < 4.78 is 21.0. The SMILES string of the molecule is CCCNC(C)c1c(F)cccc1Oc1cccc(Br)c1. The molecule has 0 aliphatic carbocycles. The van der Waals surface area contributed by atoms with E-state index in [9.17, 15) is 4.39 Å². The molecular weight excluding hydrogens is 333 g/mol. The summed E-state index contributed by atoms with van der Waals surface area (Å²) in [6, 6.07) is 12.3. The summed E-state index contributed by atoms with van der Waals surface area (Å²) in [5.41, 5.74) is 0.561. The van der Waals surface area contributed by atoms with Gasteiger partial charge in [-0.15, -0.1) is 0 Å². The Balaban J connectivity index is 2.28. The lowest BCUT2D eigenvalue weighted by Gasteiger charge is -2.18. The highest BCUT2D eigenvalue weighted by atomic mass is 79.9. The molecule has 0 saturated heterocycles. The van der Waals surface area contributed by atoms with Gasteiger partial charge < -0.3 is 10.1 Å². The van der Waals surface area contributed by atoms with Crippen LogP contribution >= 0.6 is 15.9 Å². The first-order valence-corrected chi connectivity index (χ1v) is 7.86. The number of halogens is 2. The third-order valence-corrected chi connectivity index (χ3v) is 3.66. The number of nitrogens with one attached hydrogen (secondary N) is 1. The fourth-order valence-electron chi connectivity index (χ4n) is 2.15. The van der Waals surface area contributed by atoms with Crippen molar-refractivity contribution >= 4 is 15.9 Å². The first-order chi connectivity index (χ1) is 10.1. The normalized spacial score (nSPS) is 12.2. The molecular formula is C17H19BrFNO. The Labute approximate surface area is 133 Å². The van der Waals surface area contributed by atoms with Crippen LogP contribution in [0.15, 0.2) is 46.9 Å². The molecule has 0 aliphatic rings. The second kappa shape index (κ2) is 7.57. The van der Waals surface area contributed by atoms with E-state index in [1.165, 1.54) is 6.07 Å². The molecule has 1 atom stereocenters. The van der Waals surface area contributed by atoms with Crippen molar-refractivity contribution in [2.24, 2.45) is 0 Å². The van der Waals surface area contributed by atoms with Crippen LogP contribution in [-0.4, -0.2) is 6.54 Å². The van der Waals surface area contributed by atoms with Gasteiger partial charge in [-0.25, -0.2) is 4.39 Å². The molecule has 0 spiro atoms. The van der Waals surface area contributed by atoms with Gasteiger partial charge in [0.2, 0.25) is 0 Å². The van der Waals surface area contributed by atoms with Crippen molar-refractivity contribution in [3.63, 3.8) is 0 Å². The Morgan fingerprint density at radius 3 is 2.71 bits per heavy atom. The van der Waals surface area contributed by atoms with Gasteiger partial charge in [0, 0.05) is 16.1 Å². The lowest BCUT2D eigenvalue weighted by atomic mass is 10.1. The molecule has 4 heteroatoms. The van der Waals surface area contributed by atoms with E-state index in [2.05, 4.69) is 28.2 Å². The lowest BCUT2D eigenvalue weighted by Crippen LogP contribution is -2.20. The molecule has 21 heavy (non-hydrogen) atoms. The molecule has 2 aromatic carbocycles. The highest BCUT2D eigenvalue weighted by molar-refractivity contribution is 9.10. The smallest absolute Gasteiger partial charge is 0.135 e. The highest BCUT2D eigenvalue weighted by Crippen LogP contribution is 2.32. The van der Waals surface area contributed by atoms with E-state index in [-0.39, 0.29) is 11.9 Å². The fraction of sp³-hybridized carbons (Fsp3) is 0.294. The molecule has 0 amide bonds. The van der Waals surface area contributed by atoms with Crippen LogP contribution < -0.4 is 10.1 Å². The number of rotatable bonds is 6. The number of ether oxygens (including phenoxy) is 1. The first kappa shape index (κ1) is 16.0. The van der Waals surface area contributed by atoms with Crippen molar-refractivity contribution < 1.29 is 9.13 Å². The van der Waals surface area contributed by atoms with Crippen molar-refractivity contribution in [2.45, 2.75) is 26.3 Å². The number of benzene rings is 2. The zero-order valence-electron chi connectivity index (χ0n) is 12.2. The molecule has 1 N–H and O–H groups in total. The molecule has 2 nitrogen and oxygen atoms in total. The molecule has 0 fully saturated rings. The standard InChI is InChI=1S/C17H19BrFNO/c1-3-10-20-12(2)17-15(19)8-5-9-16(17)21-14-7-4-6-13(18)11-14/h4-9,11-12,20H,3,10H2,1-2H3. The summed E-state index contributed by atoms with van der Waals surface area (Å²) in [6.45, 7) is 4.87. The minimum absolute atomic E-state index is 0.103. The largest absolute Gasteiger partial charge is 0.457 e. The molecule has 0 heterocycles. The maximum absolute atomic E-state index is 14.2. The predicted octanol–water partition coefficient (Wildman–Crippen LogP) is 5.44. The van der Waals surface area contributed by atoms with Crippen LogP contribution in [0.25, 0.3) is 0 Å². The summed E-state index contributed by atoms with van der Waals surface area (Å²) in [6.07, 6.45) is 1.00. The third kappa shape index (κ3) is 4.29. The first-order valence-electron chi connectivity index (χ1n) is 7.07. The molecule has 0 aromatic heterocycles. The maximum Gasteiger partial charge on any atom is 0.135 e. The van der Waals surface area contributed by atoms with E-state index < -0.39 is 0 Å². The molecule has 0 aliphatic heterocycles. The Bertz CT molecular complexity index is 603. The summed E-state index contributed by atoms with van der Waals surface area (Å²) >= 11 is 3.41. The van der Waals surface area contributed by atoms with Gasteiger partial charge in [-0.05, 0) is 50.2 Å². The number of hydrogen-bond donors (Lipinski definition) is 1. The minimum Gasteiger partial charge on any atom is -0.457 e. The maximum atomic E-state index is 14.2. The van der Waals surface area contributed by atoms with Crippen LogP contribution in [0.3, 0.4) is 0 Å². The van der Waals surface area contributed by atoms with Gasteiger partial charge >= 0.3 is 0 Å². The zero-order chi connectivity index (χ0) is 15.2. The molecule has 1 unspecified atom stereocenters. The molecule has 0 saturated carbocycles. The summed E-state index contributed by atoms with van der Waals surface area (Å²) in [5.74, 6) is 0.974. The van der Waals surface area contributed by atoms with E-state index >= 15 is 0 Å². The lowest BCUT2D eigenvalue weighted by molar-refractivity contribution is 0.445. The zero-order valence-corrected chi connectivity index (χ0v) is 13.8. The van der Waals surface area contributed by atoms with Gasteiger partial charge in [0.1, 0.15) is 17.3 Å². The van der Waals surface area contributed by atoms with E-state index in [0.717, 1.165) is 17.4 Å². The van der Waals surface area contributed by atoms with Gasteiger partial charge in [0.05, 0.1) is 0 Å². The van der Waals surface area contributed by atoms with Crippen LogP contribution in [0.1, 0.15) is 31.9 Å². The topological polar surface area (TPSA) is 21.3 Å². The molecule has 0 bridgehead atoms. The van der Waals surface area contributed by atoms with E-state index in [1.54, 1.807) is 12.1 Å². The minimum atomic E-state index is -0.251. The van der Waals surface area contributed by atoms with Crippen LogP contribution in [0.4, 0.5) is 4.39 Å². The highest BCUT2D eigenvalue weighted by Gasteiger charge is 2.16. The average molecular weight is 352 g/mol. The van der Waals surface area contributed by atoms with Gasteiger partial charge in [-0.2, -0.15) is 0 Å². The van der Waals surface area contributed by atoms with Gasteiger partial charge in [-0.3, -0.25) is 0 Å². The monoisotopic (exact) mass is 351 g/mol. The Morgan fingerprint density at radius 1 is 1.24 bits per heavy atom. The van der Waals surface area contributed by atoms with Crippen molar-refractivity contribution in [3.8, 4) is 11.5 Å². The number of hydrogen-bond acceptors (Lipinski definition) is 2. The van der Waals surface area contributed by atoms with Crippen LogP contribution in [0.2, 0.25) is 0 Å². The molecule has 0 radical (unpaired) electrons. The van der Waals surface area contributed by atoms with Crippen LogP contribution in [-0.2, 0) is 0 Å². The molecule has 2 aromatic rings. The molecule has 112 valence electrons. The van der Waals surface area contributed by atoms with Crippen molar-refractivity contribution in [2.75, 3.05) is 6.54 Å². The summed E-state index contributed by atoms with van der Waals surface area (Å²) in [4.78, 5) is 0. The second-order valence-electron chi connectivity index (χ2n) is 4.89. The Hall–Kier alpha value is -1.39. The van der Waals surface area contributed by atoms with Crippen molar-refractivity contribution in [3.05, 3.63) is 58.3 Å². The van der Waals surface area contributed by atoms with Gasteiger partial charge in [0.25, 0.3) is 0 Å². The van der Waals surface area contributed by atoms with Gasteiger partial charge in [-0.1, -0.05) is 35.0 Å². The average Bonchev–Trinajstić information content (AvgIpc) is 2.45. The van der Waals surface area contributed by atoms with Crippen LogP contribution in [0, 0.1) is 5.82 Å². The van der Waals surface area contributed by atoms with Crippen molar-refractivity contribution in [1.82, 2.24) is 5.32 Å². The second-order valence-corrected chi connectivity index (χ2v) is 5.80. The fourth-order valence-corrected chi connectivity index (χ4v) is 2.53. The summed E-state index contributed by atoms with van der Waals surface area (Å²) in [7, 11) is 0. The predicted molar refractivity (Wildman–Crippen MR) is 87.3 cm³/mol. The Morgan fingerprint density at radius 2 is 2.00 bits per heavy atom. The molecule has 2 rings (SSSR count). The van der Waals surface area contributed by atoms with E-state index in [1.807, 2.05) is 31.2 Å². The van der Waals surface area contributed by atoms with Gasteiger partial charge in [0.15, 0.2) is 0 Å². The summed E-state index contributed by atoms with van der Waals surface area (Å²) in [5, 5.41) is 3.30. The van der Waals surface area contributed by atoms with Crippen molar-refractivity contribution in [1.29, 1.82) is 0 Å².